The van der Waals surface area contributed by atoms with Crippen molar-refractivity contribution in [1.82, 2.24) is 15.1 Å². The van der Waals surface area contributed by atoms with Gasteiger partial charge in [0.25, 0.3) is 0 Å². The number of carbonyl (C=O) groups excluding carboxylic acids is 2. The average Bonchev–Trinajstić information content (AvgIpc) is 0.797. The molecule has 23 nitrogen and oxygen atoms in total. The van der Waals surface area contributed by atoms with Crippen LogP contribution in [0, 0.1) is 75.6 Å². The van der Waals surface area contributed by atoms with Gasteiger partial charge in [-0.15, -0.1) is 35.6 Å². The number of phenolic OH excluding ortho intramolecular Hbond substituents is 1. The summed E-state index contributed by atoms with van der Waals surface area (Å²) >= 11 is 22.6. The summed E-state index contributed by atoms with van der Waals surface area (Å²) in [4.78, 5) is 45.0. The Morgan fingerprint density at radius 2 is 0.736 bits per heavy atom. The highest BCUT2D eigenvalue weighted by Crippen LogP contribution is 2.41. The largest absolute Gasteiger partial charge is 0.508 e. The van der Waals surface area contributed by atoms with Crippen LogP contribution in [0.1, 0.15) is 162 Å². The number of carbonyl (C=O) groups is 2. The van der Waals surface area contributed by atoms with Crippen LogP contribution in [0.5, 0.6) is 17.2 Å². The smallest absolute Gasteiger partial charge is 0.410 e. The summed E-state index contributed by atoms with van der Waals surface area (Å²) in [6.07, 6.45) is 10.3. The number of phenols is 1. The summed E-state index contributed by atoms with van der Waals surface area (Å²) in [5, 5.41) is 47.3. The quantitative estimate of drug-likeness (QED) is 0.0336. The van der Waals surface area contributed by atoms with Crippen LogP contribution in [0.4, 0.5) is 72.6 Å². The Hall–Kier alpha value is -8.79. The minimum Gasteiger partial charge on any atom is -0.508 e. The van der Waals surface area contributed by atoms with Gasteiger partial charge in [-0.05, 0) is 276 Å². The molecule has 676 valence electrons. The van der Waals surface area contributed by atoms with E-state index in [4.69, 9.17) is 47.3 Å². The fourth-order valence-electron chi connectivity index (χ4n) is 13.9. The number of nitrogens with one attached hydrogen (secondary N) is 9. The van der Waals surface area contributed by atoms with Crippen molar-refractivity contribution < 1.29 is 56.3 Å². The van der Waals surface area contributed by atoms with E-state index in [0.717, 1.165) is 131 Å². The Morgan fingerprint density at radius 1 is 0.448 bits per heavy atom. The molecule has 125 heavy (non-hydrogen) atoms. The first-order valence-electron chi connectivity index (χ1n) is 40.5. The normalized spacial score (nSPS) is 17.2. The molecule has 0 spiro atoms. The molecule has 0 radical (unpaired) electrons. The van der Waals surface area contributed by atoms with Gasteiger partial charge in [-0.2, -0.15) is 0 Å². The van der Waals surface area contributed by atoms with E-state index >= 15 is 0 Å². The predicted octanol–water partition coefficient (Wildman–Crippen LogP) is 24.4. The lowest BCUT2D eigenvalue weighted by Gasteiger charge is -2.33. The Bertz CT molecular complexity index is 4970. The number of aromatic hydroxyl groups is 1. The third-order valence-electron chi connectivity index (χ3n) is 20.8. The number of rotatable bonds is 15. The molecule has 3 fully saturated rings. The molecular formula is C91H112Br4Cl3F4N15O8. The van der Waals surface area contributed by atoms with E-state index < -0.39 is 23.5 Å². The first kappa shape index (κ1) is 102. The van der Waals surface area contributed by atoms with E-state index in [1.54, 1.807) is 83.4 Å². The highest BCUT2D eigenvalue weighted by molar-refractivity contribution is 9.11. The first-order chi connectivity index (χ1) is 58.6. The van der Waals surface area contributed by atoms with Crippen LogP contribution in [0.15, 0.2) is 159 Å². The van der Waals surface area contributed by atoms with Crippen molar-refractivity contribution in [1.29, 1.82) is 0 Å². The number of amides is 2. The van der Waals surface area contributed by atoms with Gasteiger partial charge in [-0.3, -0.25) is 0 Å². The number of fused-ring (bicyclic) bond motifs is 4. The van der Waals surface area contributed by atoms with E-state index in [1.165, 1.54) is 41.7 Å². The second-order valence-corrected chi connectivity index (χ2v) is 36.9. The summed E-state index contributed by atoms with van der Waals surface area (Å²) in [6, 6.07) is 35.3. The van der Waals surface area contributed by atoms with E-state index in [9.17, 15) is 32.3 Å². The molecule has 0 bridgehead atoms. The number of benzene rings is 8. The molecule has 7 heterocycles. The zero-order valence-electron chi connectivity index (χ0n) is 70.9. The van der Waals surface area contributed by atoms with Crippen LogP contribution in [0.3, 0.4) is 0 Å². The zero-order valence-corrected chi connectivity index (χ0v) is 79.6. The first-order valence-corrected chi connectivity index (χ1v) is 44.7. The van der Waals surface area contributed by atoms with E-state index in [0.29, 0.717) is 91.2 Å². The number of aliphatic imine (C=N–C) groups is 4. The van der Waals surface area contributed by atoms with Gasteiger partial charge in [-0.1, -0.05) is 71.1 Å². The summed E-state index contributed by atoms with van der Waals surface area (Å²) < 4.78 is 82.3. The highest BCUT2D eigenvalue weighted by Gasteiger charge is 2.31. The fourth-order valence-corrected chi connectivity index (χ4v) is 15.2. The monoisotopic (exact) mass is 2040 g/mol. The molecule has 7 aliphatic heterocycles. The molecule has 4 unspecified atom stereocenters. The number of likely N-dealkylation sites (tertiary alicyclic amines) is 2. The number of alkyl halides is 2. The van der Waals surface area contributed by atoms with Gasteiger partial charge in [0.2, 0.25) is 0 Å². The predicted molar refractivity (Wildman–Crippen MR) is 517 cm³/mol. The average molecular weight is 2050 g/mol. The maximum absolute atomic E-state index is 14.3. The molecule has 2 amide bonds. The van der Waals surface area contributed by atoms with Crippen molar-refractivity contribution in [2.75, 3.05) is 107 Å². The number of aliphatic hydroxyl groups is 1. The van der Waals surface area contributed by atoms with Crippen molar-refractivity contribution in [2.45, 2.75) is 158 Å². The number of anilines is 8. The summed E-state index contributed by atoms with van der Waals surface area (Å²) in [5.41, 5.74) is 13.2. The van der Waals surface area contributed by atoms with Crippen molar-refractivity contribution in [3.8, 4) is 17.2 Å². The second kappa shape index (κ2) is 47.9. The van der Waals surface area contributed by atoms with Gasteiger partial charge in [0.1, 0.15) is 76.4 Å². The standard InChI is InChI=1S/C26H32BrFN4O3.C21H24BrFN4O.C16H15BrFN3.C15H13BrFN3O.C11H21NO3.CH2Cl2.CH4.ClH/c1-16-11-19-22(29-15-30-24(19)31-21-6-5-18(27)12-20(21)28)13-23(16)34-14-17-7-9-32(10-8-17)25(33)35-26(2,3)4;1-13-8-16-19(10-20(13)28-11-14-4-6-24-7-5-14)25-12-26-21(16)27-18-3-2-15(22)9-17(18)23;1-9-5-12-15(6-10(9)2)19-8-20-16(12)21-14-4-3-11(17)7-13(14)18;1-8-4-10-13(6-14(8)21)18-7-19-15(10)20-12-3-2-9(16)5-11(12)17;1-11(2,3)15-10(14)12-6-4-9(8-13)5-7-12;2-1-3;;/h5-6,11-13,15,17,24,31H,7-10,14H2,1-4H3,(H,29,30);2-3,8-10,12,14,21,24,27H,4-7,11H2,1H3,(H,25,26);3-8,16,21H,1-2H3,(H,19,20);2-7,15,20-21H,1H3,(H,18,19);9,13H,4-8H2,1-3H3;1H2;1H4;1H. The van der Waals surface area contributed by atoms with Crippen molar-refractivity contribution in [3.05, 3.63) is 213 Å². The second-order valence-electron chi connectivity index (χ2n) is 32.5. The number of ether oxygens (including phenoxy) is 4. The Balaban J connectivity index is 0.000000196. The highest BCUT2D eigenvalue weighted by atomic mass is 79.9. The van der Waals surface area contributed by atoms with Crippen LogP contribution < -0.4 is 57.3 Å². The number of piperidine rings is 3. The third-order valence-corrected chi connectivity index (χ3v) is 22.7. The van der Waals surface area contributed by atoms with Crippen LogP contribution in [-0.4, -0.2) is 133 Å². The fraction of sp³-hybridized carbons (Fsp3) is 0.407. The van der Waals surface area contributed by atoms with Crippen molar-refractivity contribution >= 4 is 182 Å². The lowest BCUT2D eigenvalue weighted by atomic mass is 9.98. The molecule has 7 aliphatic rings. The summed E-state index contributed by atoms with van der Waals surface area (Å²) in [6.45, 7) is 27.6. The Morgan fingerprint density at radius 3 is 1.06 bits per heavy atom. The lowest BCUT2D eigenvalue weighted by molar-refractivity contribution is 0.0152. The van der Waals surface area contributed by atoms with Gasteiger partial charge in [0.05, 0.1) is 83.7 Å². The minimum absolute atomic E-state index is 0. The van der Waals surface area contributed by atoms with Gasteiger partial charge < -0.3 is 86.8 Å². The third kappa shape index (κ3) is 30.2. The molecule has 3 saturated heterocycles. The molecule has 0 saturated carbocycles. The molecule has 8 aromatic carbocycles. The zero-order chi connectivity index (χ0) is 88.8. The molecule has 15 rings (SSSR count). The summed E-state index contributed by atoms with van der Waals surface area (Å²) in [7, 11) is 0. The molecule has 0 aromatic heterocycles. The Labute approximate surface area is 780 Å². The molecule has 11 N–H and O–H groups in total. The van der Waals surface area contributed by atoms with Gasteiger partial charge in [0.15, 0.2) is 0 Å². The van der Waals surface area contributed by atoms with Crippen molar-refractivity contribution in [2.24, 2.45) is 37.7 Å². The maximum atomic E-state index is 14.3. The lowest BCUT2D eigenvalue weighted by Crippen LogP contribution is -2.42. The van der Waals surface area contributed by atoms with E-state index in [1.807, 2.05) is 86.6 Å². The number of hydrogen-bond donors (Lipinski definition) is 11. The molecule has 34 heteroatoms. The maximum Gasteiger partial charge on any atom is 0.410 e. The molecule has 4 atom stereocenters. The van der Waals surface area contributed by atoms with Gasteiger partial charge in [0, 0.05) is 96.8 Å². The number of aryl methyl sites for hydroxylation is 5. The minimum atomic E-state index is -0.485. The van der Waals surface area contributed by atoms with Crippen LogP contribution in [0.2, 0.25) is 0 Å². The van der Waals surface area contributed by atoms with Crippen LogP contribution in [-0.2, 0) is 9.47 Å². The van der Waals surface area contributed by atoms with E-state index in [-0.39, 0.29) is 85.3 Å². The molecule has 8 aromatic rings. The van der Waals surface area contributed by atoms with Gasteiger partial charge in [-0.25, -0.2) is 47.1 Å². The topological polar surface area (TPSA) is 276 Å². The number of aliphatic hydroxyl groups excluding tert-OH is 1. The van der Waals surface area contributed by atoms with Crippen molar-refractivity contribution in [3.63, 3.8) is 0 Å². The van der Waals surface area contributed by atoms with Crippen LogP contribution in [0.25, 0.3) is 0 Å². The number of nitrogens with zero attached hydrogens (tertiary/aromatic N) is 6. The molecule has 0 aliphatic carbocycles. The van der Waals surface area contributed by atoms with Crippen LogP contribution >= 0.6 is 99.3 Å². The van der Waals surface area contributed by atoms with E-state index in [2.05, 4.69) is 164 Å². The summed E-state index contributed by atoms with van der Waals surface area (Å²) in [5.74, 6) is 1.90. The number of halogens is 11. The van der Waals surface area contributed by atoms with Gasteiger partial charge >= 0.3 is 12.2 Å². The SMILES string of the molecule is C.CC(C)(C)OC(=O)N1CCC(CO)CC1.Cc1cc2c(cc1C)C(Nc1ccc(Br)cc1F)N=CN2.Cc1cc2c(cc1O)NC=NC2Nc1ccc(Br)cc1F.Cc1cc2c(cc1OCC1CCN(C(=O)OC(C)(C)C)CC1)NC=NC2Nc1ccc(Br)cc1F.Cc1cc2c(cc1OCC1CCNCC1)NC=NC2Nc1ccc(Br)cc1F.Cl.ClCCl. The number of hydrogen-bond acceptors (Lipinski definition) is 21. The molecular weight excluding hydrogens is 1930 g/mol. The Kier molecular flexibility index (Phi) is 38.9.